The maximum absolute atomic E-state index is 12.5. The van der Waals surface area contributed by atoms with Crippen molar-refractivity contribution < 1.29 is 4.79 Å². The summed E-state index contributed by atoms with van der Waals surface area (Å²) in [4.78, 5) is 14.3. The molecule has 0 bridgehead atoms. The fourth-order valence-corrected chi connectivity index (χ4v) is 2.78. The zero-order valence-corrected chi connectivity index (χ0v) is 11.8. The number of carbonyl (C=O) groups is 1. The Bertz CT molecular complexity index is 432. The van der Waals surface area contributed by atoms with Crippen LogP contribution in [0.15, 0.2) is 24.3 Å². The van der Waals surface area contributed by atoms with E-state index in [0.717, 1.165) is 19.3 Å². The lowest BCUT2D eigenvalue weighted by molar-refractivity contribution is -0.133. The number of amides is 1. The summed E-state index contributed by atoms with van der Waals surface area (Å²) < 4.78 is 0. The molecule has 0 fully saturated rings. The van der Waals surface area contributed by atoms with Crippen molar-refractivity contribution in [1.82, 2.24) is 4.90 Å². The van der Waals surface area contributed by atoms with Gasteiger partial charge in [-0.25, -0.2) is 0 Å². The van der Waals surface area contributed by atoms with Crippen LogP contribution < -0.4 is 0 Å². The van der Waals surface area contributed by atoms with Crippen LogP contribution in [-0.4, -0.2) is 29.8 Å². The Hall–Kier alpha value is -1.02. The van der Waals surface area contributed by atoms with Crippen molar-refractivity contribution >= 4 is 17.5 Å². The van der Waals surface area contributed by atoms with E-state index >= 15 is 0 Å². The Morgan fingerprint density at radius 1 is 1.50 bits per heavy atom. The average Bonchev–Trinajstić information content (AvgIpc) is 2.44. The Kier molecular flexibility index (Phi) is 4.28. The third kappa shape index (κ3) is 2.54. The third-order valence-corrected chi connectivity index (χ3v) is 4.35. The summed E-state index contributed by atoms with van der Waals surface area (Å²) in [6.07, 6.45) is 3.14. The van der Waals surface area contributed by atoms with Crippen molar-refractivity contribution in [3.05, 3.63) is 35.4 Å². The molecule has 0 aromatic heterocycles. The minimum absolute atomic E-state index is 0.0191. The number of likely N-dealkylation sites (N-methyl/N-ethyl adjacent to an activating group) is 1. The Morgan fingerprint density at radius 2 is 2.22 bits per heavy atom. The van der Waals surface area contributed by atoms with Gasteiger partial charge >= 0.3 is 0 Å². The number of hydrogen-bond acceptors (Lipinski definition) is 1. The highest BCUT2D eigenvalue weighted by atomic mass is 35.5. The number of carbonyl (C=O) groups excluding carboxylic acids is 1. The molecule has 0 aliphatic heterocycles. The van der Waals surface area contributed by atoms with Crippen molar-refractivity contribution in [3.63, 3.8) is 0 Å². The van der Waals surface area contributed by atoms with E-state index in [1.807, 2.05) is 20.0 Å². The number of nitrogens with zero attached hydrogens (tertiary/aromatic N) is 1. The Balaban J connectivity index is 2.22. The van der Waals surface area contributed by atoms with Crippen LogP contribution in [0.25, 0.3) is 0 Å². The molecule has 2 nitrogen and oxygen atoms in total. The molecule has 2 rings (SSSR count). The minimum atomic E-state index is 0.0191. The molecule has 1 aliphatic rings. The van der Waals surface area contributed by atoms with Crippen molar-refractivity contribution in [1.29, 1.82) is 0 Å². The molecule has 0 saturated heterocycles. The van der Waals surface area contributed by atoms with Gasteiger partial charge < -0.3 is 4.90 Å². The predicted molar refractivity (Wildman–Crippen MR) is 75.1 cm³/mol. The molecule has 0 spiro atoms. The number of rotatable bonds is 3. The predicted octanol–water partition coefficient (Wildman–Crippen LogP) is 3.19. The molecule has 0 heterocycles. The van der Waals surface area contributed by atoms with E-state index < -0.39 is 0 Å². The molecule has 0 saturated carbocycles. The smallest absolute Gasteiger partial charge is 0.230 e. The van der Waals surface area contributed by atoms with Gasteiger partial charge in [-0.1, -0.05) is 24.3 Å². The number of alkyl halides is 1. The second-order valence-corrected chi connectivity index (χ2v) is 5.40. The molecule has 1 aromatic rings. The largest absolute Gasteiger partial charge is 0.341 e. The lowest BCUT2D eigenvalue weighted by Gasteiger charge is -2.31. The normalized spacial score (nSPS) is 20.1. The zero-order chi connectivity index (χ0) is 13.1. The van der Waals surface area contributed by atoms with Gasteiger partial charge in [0.1, 0.15) is 0 Å². The maximum Gasteiger partial charge on any atom is 0.230 e. The summed E-state index contributed by atoms with van der Waals surface area (Å²) in [5, 5.41) is 0. The molecule has 2 atom stereocenters. The summed E-state index contributed by atoms with van der Waals surface area (Å²) in [6.45, 7) is 1.99. The van der Waals surface area contributed by atoms with E-state index in [2.05, 4.69) is 18.2 Å². The first-order valence-electron chi connectivity index (χ1n) is 6.55. The van der Waals surface area contributed by atoms with Crippen LogP contribution in [0.5, 0.6) is 0 Å². The molecule has 98 valence electrons. The molecule has 2 unspecified atom stereocenters. The molecule has 0 N–H and O–H groups in total. The summed E-state index contributed by atoms with van der Waals surface area (Å²) >= 11 is 5.84. The molecule has 18 heavy (non-hydrogen) atoms. The van der Waals surface area contributed by atoms with E-state index in [9.17, 15) is 4.79 Å². The van der Waals surface area contributed by atoms with Gasteiger partial charge in [-0.3, -0.25) is 4.79 Å². The number of halogens is 1. The number of fused-ring (bicyclic) bond motifs is 1. The fraction of sp³-hybridized carbons (Fsp3) is 0.533. The molecular formula is C15H20ClNO. The lowest BCUT2D eigenvalue weighted by atomic mass is 9.82. The van der Waals surface area contributed by atoms with Crippen molar-refractivity contribution in [2.45, 2.75) is 38.1 Å². The highest BCUT2D eigenvalue weighted by Gasteiger charge is 2.29. The van der Waals surface area contributed by atoms with Gasteiger partial charge in [-0.15, -0.1) is 11.6 Å². The first-order valence-corrected chi connectivity index (χ1v) is 7.09. The van der Waals surface area contributed by atoms with Gasteiger partial charge in [-0.2, -0.15) is 0 Å². The van der Waals surface area contributed by atoms with Gasteiger partial charge in [0.25, 0.3) is 0 Å². The zero-order valence-electron chi connectivity index (χ0n) is 11.0. The van der Waals surface area contributed by atoms with Crippen molar-refractivity contribution in [2.24, 2.45) is 0 Å². The number of hydrogen-bond donors (Lipinski definition) is 0. The molecule has 1 aliphatic carbocycles. The summed E-state index contributed by atoms with van der Waals surface area (Å²) in [5.41, 5.74) is 2.54. The van der Waals surface area contributed by atoms with Gasteiger partial charge in [0.15, 0.2) is 0 Å². The Morgan fingerprint density at radius 3 is 2.94 bits per heavy atom. The highest BCUT2D eigenvalue weighted by Crippen LogP contribution is 2.32. The summed E-state index contributed by atoms with van der Waals surface area (Å²) in [5.74, 6) is 0.706. The van der Waals surface area contributed by atoms with E-state index in [-0.39, 0.29) is 17.9 Å². The number of aryl methyl sites for hydroxylation is 1. The molecule has 1 aromatic carbocycles. The third-order valence-electron chi connectivity index (χ3n) is 3.90. The standard InChI is InChI=1S/C15H20ClNO/c1-11(10-16)17(2)15(18)14-9-5-7-12-6-3-4-8-13(12)14/h3-4,6,8,11,14H,5,7,9-10H2,1-2H3. The van der Waals surface area contributed by atoms with E-state index in [1.165, 1.54) is 11.1 Å². The second-order valence-electron chi connectivity index (χ2n) is 5.10. The van der Waals surface area contributed by atoms with E-state index in [1.54, 1.807) is 4.90 Å². The topological polar surface area (TPSA) is 20.3 Å². The van der Waals surface area contributed by atoms with Gasteiger partial charge in [0, 0.05) is 19.0 Å². The number of benzene rings is 1. The van der Waals surface area contributed by atoms with Gasteiger partial charge in [0.2, 0.25) is 5.91 Å². The van der Waals surface area contributed by atoms with E-state index in [0.29, 0.717) is 5.88 Å². The SMILES string of the molecule is CC(CCl)N(C)C(=O)C1CCCc2ccccc21. The quantitative estimate of drug-likeness (QED) is 0.769. The summed E-state index contributed by atoms with van der Waals surface area (Å²) in [6, 6.07) is 8.40. The van der Waals surface area contributed by atoms with Gasteiger partial charge in [-0.05, 0) is 37.3 Å². The van der Waals surface area contributed by atoms with E-state index in [4.69, 9.17) is 11.6 Å². The monoisotopic (exact) mass is 265 g/mol. The van der Waals surface area contributed by atoms with Crippen LogP contribution in [-0.2, 0) is 11.2 Å². The van der Waals surface area contributed by atoms with Crippen molar-refractivity contribution in [3.8, 4) is 0 Å². The molecule has 0 radical (unpaired) electrons. The maximum atomic E-state index is 12.5. The highest BCUT2D eigenvalue weighted by molar-refractivity contribution is 6.18. The second kappa shape index (κ2) is 5.75. The first kappa shape index (κ1) is 13.4. The summed E-state index contributed by atoms with van der Waals surface area (Å²) in [7, 11) is 1.85. The first-order chi connectivity index (χ1) is 8.65. The Labute approximate surface area is 114 Å². The van der Waals surface area contributed by atoms with Crippen LogP contribution in [0.3, 0.4) is 0 Å². The van der Waals surface area contributed by atoms with Crippen LogP contribution in [0, 0.1) is 0 Å². The molecule has 3 heteroatoms. The van der Waals surface area contributed by atoms with Crippen molar-refractivity contribution in [2.75, 3.05) is 12.9 Å². The lowest BCUT2D eigenvalue weighted by Crippen LogP contribution is -2.40. The molecule has 1 amide bonds. The van der Waals surface area contributed by atoms with Crippen LogP contribution >= 0.6 is 11.6 Å². The van der Waals surface area contributed by atoms with Gasteiger partial charge in [0.05, 0.1) is 5.92 Å². The average molecular weight is 266 g/mol. The van der Waals surface area contributed by atoms with Crippen LogP contribution in [0.1, 0.15) is 36.8 Å². The fourth-order valence-electron chi connectivity index (χ4n) is 2.58. The minimum Gasteiger partial charge on any atom is -0.341 e. The van der Waals surface area contributed by atoms with Crippen LogP contribution in [0.4, 0.5) is 0 Å². The van der Waals surface area contributed by atoms with Crippen LogP contribution in [0.2, 0.25) is 0 Å². The molecular weight excluding hydrogens is 246 g/mol.